The maximum absolute atomic E-state index is 3.50. The van der Waals surface area contributed by atoms with Crippen molar-refractivity contribution in [2.45, 2.75) is 12.5 Å². The molecule has 0 spiro atoms. The van der Waals surface area contributed by atoms with Gasteiger partial charge in [-0.15, -0.1) is 0 Å². The average Bonchev–Trinajstić information content (AvgIpc) is 2.73. The Labute approximate surface area is 110 Å². The van der Waals surface area contributed by atoms with Gasteiger partial charge in [-0.25, -0.2) is 0 Å². The van der Waals surface area contributed by atoms with E-state index in [0.29, 0.717) is 5.92 Å². The fraction of sp³-hybridized carbons (Fsp3) is 0.286. The minimum Gasteiger partial charge on any atom is -0.353 e. The van der Waals surface area contributed by atoms with Gasteiger partial charge in [0.2, 0.25) is 0 Å². The molecule has 17 heavy (non-hydrogen) atoms. The maximum atomic E-state index is 3.50. The van der Waals surface area contributed by atoms with Crippen LogP contribution in [0.1, 0.15) is 22.7 Å². The largest absolute Gasteiger partial charge is 0.353 e. The third kappa shape index (κ3) is 1.94. The second-order valence-electron chi connectivity index (χ2n) is 4.56. The Morgan fingerprint density at radius 3 is 2.76 bits per heavy atom. The summed E-state index contributed by atoms with van der Waals surface area (Å²) in [6.07, 6.45) is 2.16. The lowest BCUT2D eigenvalue weighted by Gasteiger charge is -2.25. The van der Waals surface area contributed by atoms with Gasteiger partial charge in [-0.1, -0.05) is 28.1 Å². The number of benzene rings is 1. The summed E-state index contributed by atoms with van der Waals surface area (Å²) in [6.45, 7) is 2.00. The van der Waals surface area contributed by atoms with E-state index in [1.54, 1.807) is 0 Å². The summed E-state index contributed by atoms with van der Waals surface area (Å²) in [5, 5.41) is 3.50. The molecule has 1 aromatic heterocycles. The minimum absolute atomic E-state index is 0.480. The van der Waals surface area contributed by atoms with Crippen molar-refractivity contribution in [3.05, 3.63) is 57.8 Å². The Hall–Kier alpha value is -1.06. The van der Waals surface area contributed by atoms with Crippen molar-refractivity contribution < 1.29 is 0 Å². The van der Waals surface area contributed by atoms with Crippen LogP contribution >= 0.6 is 15.9 Å². The molecular formula is C14H15BrN2. The molecule has 0 fully saturated rings. The first-order valence-corrected chi connectivity index (χ1v) is 6.65. The molecule has 3 rings (SSSR count). The smallest absolute Gasteiger partial charge is 0.0362 e. The van der Waals surface area contributed by atoms with Gasteiger partial charge in [0.15, 0.2) is 0 Å². The second kappa shape index (κ2) is 4.31. The molecule has 3 heteroatoms. The minimum atomic E-state index is 0.480. The molecular weight excluding hydrogens is 276 g/mol. The van der Waals surface area contributed by atoms with E-state index in [1.165, 1.54) is 16.8 Å². The molecule has 0 radical (unpaired) electrons. The van der Waals surface area contributed by atoms with Crippen LogP contribution in [-0.2, 0) is 13.6 Å². The van der Waals surface area contributed by atoms with E-state index in [-0.39, 0.29) is 0 Å². The van der Waals surface area contributed by atoms with E-state index in [1.807, 2.05) is 0 Å². The van der Waals surface area contributed by atoms with Gasteiger partial charge < -0.3 is 9.88 Å². The van der Waals surface area contributed by atoms with Crippen molar-refractivity contribution in [2.24, 2.45) is 7.05 Å². The Balaban J connectivity index is 2.02. The Morgan fingerprint density at radius 1 is 1.24 bits per heavy atom. The molecule has 1 aromatic carbocycles. The van der Waals surface area contributed by atoms with Gasteiger partial charge in [0.25, 0.3) is 0 Å². The zero-order chi connectivity index (χ0) is 11.8. The summed E-state index contributed by atoms with van der Waals surface area (Å²) >= 11 is 3.49. The topological polar surface area (TPSA) is 17.0 Å². The van der Waals surface area contributed by atoms with E-state index in [2.05, 4.69) is 69.4 Å². The number of nitrogens with one attached hydrogen (secondary N) is 1. The molecule has 1 unspecified atom stereocenters. The van der Waals surface area contributed by atoms with Crippen LogP contribution in [-0.4, -0.2) is 11.1 Å². The van der Waals surface area contributed by atoms with Crippen LogP contribution in [0.25, 0.3) is 0 Å². The van der Waals surface area contributed by atoms with E-state index in [0.717, 1.165) is 17.6 Å². The molecule has 0 aliphatic carbocycles. The lowest BCUT2D eigenvalue weighted by molar-refractivity contribution is 0.567. The molecule has 1 aliphatic heterocycles. The van der Waals surface area contributed by atoms with Crippen LogP contribution in [0.3, 0.4) is 0 Å². The van der Waals surface area contributed by atoms with Crippen molar-refractivity contribution >= 4 is 15.9 Å². The maximum Gasteiger partial charge on any atom is 0.0362 e. The first-order chi connectivity index (χ1) is 8.25. The number of hydrogen-bond acceptors (Lipinski definition) is 1. The second-order valence-corrected chi connectivity index (χ2v) is 5.48. The molecule has 1 aliphatic rings. The number of hydrogen-bond donors (Lipinski definition) is 1. The molecule has 0 saturated carbocycles. The quantitative estimate of drug-likeness (QED) is 0.854. The molecule has 0 bridgehead atoms. The van der Waals surface area contributed by atoms with Gasteiger partial charge in [-0.05, 0) is 29.3 Å². The van der Waals surface area contributed by atoms with Gasteiger partial charge in [0, 0.05) is 42.4 Å². The van der Waals surface area contributed by atoms with Gasteiger partial charge in [-0.2, -0.15) is 0 Å². The normalized spacial score (nSPS) is 19.1. The molecule has 88 valence electrons. The lowest BCUT2D eigenvalue weighted by atomic mass is 9.89. The summed E-state index contributed by atoms with van der Waals surface area (Å²) in [5.41, 5.74) is 4.26. The highest BCUT2D eigenvalue weighted by Gasteiger charge is 2.23. The van der Waals surface area contributed by atoms with Crippen LogP contribution < -0.4 is 5.32 Å². The van der Waals surface area contributed by atoms with Crippen molar-refractivity contribution in [3.63, 3.8) is 0 Å². The monoisotopic (exact) mass is 290 g/mol. The van der Waals surface area contributed by atoms with Crippen LogP contribution in [0.2, 0.25) is 0 Å². The van der Waals surface area contributed by atoms with Crippen molar-refractivity contribution in [1.29, 1.82) is 0 Å². The van der Waals surface area contributed by atoms with E-state index >= 15 is 0 Å². The van der Waals surface area contributed by atoms with Gasteiger partial charge in [-0.3, -0.25) is 0 Å². The molecule has 2 nitrogen and oxygen atoms in total. The first-order valence-electron chi connectivity index (χ1n) is 5.86. The summed E-state index contributed by atoms with van der Waals surface area (Å²) in [4.78, 5) is 0. The van der Waals surface area contributed by atoms with Crippen molar-refractivity contribution in [2.75, 3.05) is 6.54 Å². The molecule has 0 saturated heterocycles. The first kappa shape index (κ1) is 11.1. The summed E-state index contributed by atoms with van der Waals surface area (Å²) in [5.74, 6) is 0.480. The van der Waals surface area contributed by atoms with E-state index in [4.69, 9.17) is 0 Å². The van der Waals surface area contributed by atoms with Crippen LogP contribution in [0, 0.1) is 0 Å². The number of aromatic nitrogens is 1. The number of halogens is 1. The SMILES string of the molecule is Cn1ccc2c1CNCC2c1ccc(Br)cc1. The molecule has 0 amide bonds. The molecule has 2 aromatic rings. The Bertz CT molecular complexity index is 528. The highest BCUT2D eigenvalue weighted by molar-refractivity contribution is 9.10. The Kier molecular flexibility index (Phi) is 2.81. The molecule has 1 N–H and O–H groups in total. The lowest BCUT2D eigenvalue weighted by Crippen LogP contribution is -2.29. The fourth-order valence-electron chi connectivity index (χ4n) is 2.56. The predicted molar refractivity (Wildman–Crippen MR) is 73.1 cm³/mol. The van der Waals surface area contributed by atoms with E-state index in [9.17, 15) is 0 Å². The molecule has 2 heterocycles. The predicted octanol–water partition coefficient (Wildman–Crippen LogP) is 3.02. The zero-order valence-corrected chi connectivity index (χ0v) is 11.4. The van der Waals surface area contributed by atoms with Crippen molar-refractivity contribution in [3.8, 4) is 0 Å². The number of rotatable bonds is 1. The number of aryl methyl sites for hydroxylation is 1. The number of fused-ring (bicyclic) bond motifs is 1. The van der Waals surface area contributed by atoms with Crippen LogP contribution in [0.4, 0.5) is 0 Å². The van der Waals surface area contributed by atoms with Crippen LogP contribution in [0.5, 0.6) is 0 Å². The highest BCUT2D eigenvalue weighted by atomic mass is 79.9. The summed E-state index contributed by atoms with van der Waals surface area (Å²) < 4.78 is 3.35. The van der Waals surface area contributed by atoms with Gasteiger partial charge in [0.05, 0.1) is 0 Å². The van der Waals surface area contributed by atoms with Gasteiger partial charge >= 0.3 is 0 Å². The fourth-order valence-corrected chi connectivity index (χ4v) is 2.83. The standard InChI is InChI=1S/C14H15BrN2/c1-17-7-6-12-13(8-16-9-14(12)17)10-2-4-11(15)5-3-10/h2-7,13,16H,8-9H2,1H3. The van der Waals surface area contributed by atoms with Crippen molar-refractivity contribution in [1.82, 2.24) is 9.88 Å². The van der Waals surface area contributed by atoms with E-state index < -0.39 is 0 Å². The highest BCUT2D eigenvalue weighted by Crippen LogP contribution is 2.31. The number of nitrogens with zero attached hydrogens (tertiary/aromatic N) is 1. The van der Waals surface area contributed by atoms with Gasteiger partial charge in [0.1, 0.15) is 0 Å². The van der Waals surface area contributed by atoms with Crippen LogP contribution in [0.15, 0.2) is 41.0 Å². The third-order valence-electron chi connectivity index (χ3n) is 3.53. The average molecular weight is 291 g/mol. The summed E-state index contributed by atoms with van der Waals surface area (Å²) in [6, 6.07) is 10.9. The Morgan fingerprint density at radius 2 is 2.00 bits per heavy atom. The third-order valence-corrected chi connectivity index (χ3v) is 4.05. The summed E-state index contributed by atoms with van der Waals surface area (Å²) in [7, 11) is 2.12. The zero-order valence-electron chi connectivity index (χ0n) is 9.78. The molecule has 1 atom stereocenters.